The Morgan fingerprint density at radius 2 is 1.88 bits per heavy atom. The van der Waals surface area contributed by atoms with Crippen LogP contribution < -0.4 is 4.74 Å². The van der Waals surface area contributed by atoms with E-state index >= 15 is 0 Å². The molecule has 1 aliphatic rings. The molecule has 3 heteroatoms. The molecule has 0 radical (unpaired) electrons. The number of fused-ring (bicyclic) bond motifs is 1. The summed E-state index contributed by atoms with van der Waals surface area (Å²) in [4.78, 5) is 0. The molecule has 2 rings (SSSR count). The maximum absolute atomic E-state index is 9.21. The van der Waals surface area contributed by atoms with Gasteiger partial charge in [0.25, 0.3) is 0 Å². The zero-order valence-corrected chi connectivity index (χ0v) is 11.1. The van der Waals surface area contributed by atoms with Gasteiger partial charge in [0.1, 0.15) is 6.07 Å². The fourth-order valence-corrected chi connectivity index (χ4v) is 3.25. The minimum absolute atomic E-state index is 0.676. The molecule has 0 N–H and O–H groups in total. The van der Waals surface area contributed by atoms with E-state index in [1.807, 2.05) is 6.92 Å². The number of rotatable bonds is 1. The van der Waals surface area contributed by atoms with Crippen LogP contribution in [0.4, 0.5) is 0 Å². The van der Waals surface area contributed by atoms with Crippen molar-refractivity contribution in [1.29, 1.82) is 5.26 Å². The van der Waals surface area contributed by atoms with Crippen molar-refractivity contribution in [3.63, 3.8) is 0 Å². The van der Waals surface area contributed by atoms with Crippen molar-refractivity contribution in [3.05, 3.63) is 26.7 Å². The molecule has 0 aromatic heterocycles. The molecule has 16 heavy (non-hydrogen) atoms. The monoisotopic (exact) mass is 279 g/mol. The summed E-state index contributed by atoms with van der Waals surface area (Å²) in [5.74, 6) is 0.695. The molecule has 0 spiro atoms. The quantitative estimate of drug-likeness (QED) is 0.788. The summed E-state index contributed by atoms with van der Waals surface area (Å²) in [6.45, 7) is 2.03. The summed E-state index contributed by atoms with van der Waals surface area (Å²) in [6, 6.07) is 2.25. The molecular formula is C13H14BrNO. The lowest BCUT2D eigenvalue weighted by Gasteiger charge is -2.22. The first-order valence-corrected chi connectivity index (χ1v) is 6.28. The van der Waals surface area contributed by atoms with Crippen molar-refractivity contribution in [2.45, 2.75) is 32.6 Å². The van der Waals surface area contributed by atoms with Crippen molar-refractivity contribution >= 4 is 15.9 Å². The van der Waals surface area contributed by atoms with Crippen molar-refractivity contribution < 1.29 is 4.74 Å². The molecule has 1 aromatic rings. The Kier molecular flexibility index (Phi) is 3.20. The number of methoxy groups -OCH3 is 1. The van der Waals surface area contributed by atoms with Gasteiger partial charge in [0.15, 0.2) is 5.75 Å². The summed E-state index contributed by atoms with van der Waals surface area (Å²) < 4.78 is 6.32. The number of benzene rings is 1. The number of ether oxygens (including phenoxy) is 1. The van der Waals surface area contributed by atoms with E-state index < -0.39 is 0 Å². The van der Waals surface area contributed by atoms with Gasteiger partial charge < -0.3 is 4.74 Å². The Labute approximate surface area is 104 Å². The van der Waals surface area contributed by atoms with Crippen molar-refractivity contribution in [2.24, 2.45) is 0 Å². The maximum Gasteiger partial charge on any atom is 0.151 e. The van der Waals surface area contributed by atoms with Crippen LogP contribution in [0.5, 0.6) is 5.75 Å². The number of nitriles is 1. The third-order valence-electron chi connectivity index (χ3n) is 3.30. The minimum atomic E-state index is 0.676. The second-order valence-corrected chi connectivity index (χ2v) is 4.92. The summed E-state index contributed by atoms with van der Waals surface area (Å²) in [5.41, 5.74) is 4.45. The first-order chi connectivity index (χ1) is 7.70. The summed E-state index contributed by atoms with van der Waals surface area (Å²) in [6.07, 6.45) is 4.61. The first kappa shape index (κ1) is 11.5. The average molecular weight is 280 g/mol. The standard InChI is InChI=1S/C13H14BrNO/c1-8-9-5-3-4-6-10(9)12(14)13(16-2)11(8)7-15/h3-6H2,1-2H3. The molecule has 1 aromatic carbocycles. The van der Waals surface area contributed by atoms with Gasteiger partial charge >= 0.3 is 0 Å². The van der Waals surface area contributed by atoms with Gasteiger partial charge in [0, 0.05) is 0 Å². The zero-order chi connectivity index (χ0) is 11.7. The lowest BCUT2D eigenvalue weighted by atomic mass is 9.86. The van der Waals surface area contributed by atoms with Crippen LogP contribution in [-0.4, -0.2) is 7.11 Å². The number of nitrogens with zero attached hydrogens (tertiary/aromatic N) is 1. The Morgan fingerprint density at radius 1 is 1.25 bits per heavy atom. The zero-order valence-electron chi connectivity index (χ0n) is 9.56. The highest BCUT2D eigenvalue weighted by molar-refractivity contribution is 9.10. The molecule has 0 unspecified atom stereocenters. The first-order valence-electron chi connectivity index (χ1n) is 5.48. The predicted octanol–water partition coefficient (Wildman–Crippen LogP) is 3.52. The SMILES string of the molecule is COc1c(Br)c2c(c(C)c1C#N)CCCC2. The fourth-order valence-electron chi connectivity index (χ4n) is 2.46. The molecule has 0 fully saturated rings. The van der Waals surface area contributed by atoms with Crippen LogP contribution in [0.15, 0.2) is 4.47 Å². The highest BCUT2D eigenvalue weighted by atomic mass is 79.9. The predicted molar refractivity (Wildman–Crippen MR) is 66.8 cm³/mol. The highest BCUT2D eigenvalue weighted by Gasteiger charge is 2.22. The molecule has 0 heterocycles. The van der Waals surface area contributed by atoms with E-state index in [0.717, 1.165) is 22.9 Å². The van der Waals surface area contributed by atoms with Crippen molar-refractivity contribution in [1.82, 2.24) is 0 Å². The van der Waals surface area contributed by atoms with Crippen molar-refractivity contribution in [3.8, 4) is 11.8 Å². The van der Waals surface area contributed by atoms with Gasteiger partial charge in [0.2, 0.25) is 0 Å². The van der Waals surface area contributed by atoms with Gasteiger partial charge in [-0.05, 0) is 65.2 Å². The van der Waals surface area contributed by atoms with Gasteiger partial charge in [-0.15, -0.1) is 0 Å². The van der Waals surface area contributed by atoms with E-state index in [4.69, 9.17) is 4.74 Å². The van der Waals surface area contributed by atoms with Crippen LogP contribution in [0, 0.1) is 18.3 Å². The van der Waals surface area contributed by atoms with E-state index in [1.54, 1.807) is 7.11 Å². The van der Waals surface area contributed by atoms with E-state index in [2.05, 4.69) is 22.0 Å². The lowest BCUT2D eigenvalue weighted by molar-refractivity contribution is 0.409. The van der Waals surface area contributed by atoms with Crippen LogP contribution in [0.1, 0.15) is 35.1 Å². The molecule has 0 saturated heterocycles. The molecule has 0 saturated carbocycles. The summed E-state index contributed by atoms with van der Waals surface area (Å²) >= 11 is 3.58. The summed E-state index contributed by atoms with van der Waals surface area (Å²) in [5, 5.41) is 9.21. The molecule has 0 aliphatic heterocycles. The molecule has 1 aliphatic carbocycles. The van der Waals surface area contributed by atoms with Crippen molar-refractivity contribution in [2.75, 3.05) is 7.11 Å². The third kappa shape index (κ3) is 1.62. The number of hydrogen-bond donors (Lipinski definition) is 0. The van der Waals surface area contributed by atoms with Crippen LogP contribution in [0.25, 0.3) is 0 Å². The van der Waals surface area contributed by atoms with E-state index in [1.165, 1.54) is 24.0 Å². The molecular weight excluding hydrogens is 266 g/mol. The van der Waals surface area contributed by atoms with Gasteiger partial charge in [0.05, 0.1) is 17.1 Å². The number of halogens is 1. The Hall–Kier alpha value is -1.01. The molecule has 0 atom stereocenters. The number of hydrogen-bond acceptors (Lipinski definition) is 2. The van der Waals surface area contributed by atoms with Crippen LogP contribution in [0.2, 0.25) is 0 Å². The van der Waals surface area contributed by atoms with E-state index in [-0.39, 0.29) is 0 Å². The highest BCUT2D eigenvalue weighted by Crippen LogP contribution is 2.40. The molecule has 0 amide bonds. The van der Waals surface area contributed by atoms with Crippen LogP contribution in [0.3, 0.4) is 0 Å². The van der Waals surface area contributed by atoms with Gasteiger partial charge in [-0.25, -0.2) is 0 Å². The largest absolute Gasteiger partial charge is 0.494 e. The lowest BCUT2D eigenvalue weighted by Crippen LogP contribution is -2.09. The van der Waals surface area contributed by atoms with Gasteiger partial charge in [-0.3, -0.25) is 0 Å². The third-order valence-corrected chi connectivity index (χ3v) is 4.14. The van der Waals surface area contributed by atoms with E-state index in [9.17, 15) is 5.26 Å². The Balaban J connectivity index is 2.75. The minimum Gasteiger partial charge on any atom is -0.494 e. The van der Waals surface area contributed by atoms with Crippen LogP contribution in [-0.2, 0) is 12.8 Å². The van der Waals surface area contributed by atoms with Gasteiger partial charge in [-0.1, -0.05) is 0 Å². The van der Waals surface area contributed by atoms with Gasteiger partial charge in [-0.2, -0.15) is 5.26 Å². The smallest absolute Gasteiger partial charge is 0.151 e. The molecule has 2 nitrogen and oxygen atoms in total. The second kappa shape index (κ2) is 4.47. The maximum atomic E-state index is 9.21. The van der Waals surface area contributed by atoms with Crippen LogP contribution >= 0.6 is 15.9 Å². The topological polar surface area (TPSA) is 33.0 Å². The normalized spacial score (nSPS) is 14.1. The molecule has 0 bridgehead atoms. The fraction of sp³-hybridized carbons (Fsp3) is 0.462. The average Bonchev–Trinajstić information content (AvgIpc) is 2.33. The van der Waals surface area contributed by atoms with E-state index in [0.29, 0.717) is 11.3 Å². The Morgan fingerprint density at radius 3 is 2.44 bits per heavy atom. The summed E-state index contributed by atoms with van der Waals surface area (Å²) in [7, 11) is 1.62. The molecule has 84 valence electrons. The Bertz CT molecular complexity index is 470. The second-order valence-electron chi connectivity index (χ2n) is 4.12.